The van der Waals surface area contributed by atoms with Crippen molar-refractivity contribution in [2.24, 2.45) is 4.99 Å². The molecule has 2 heterocycles. The van der Waals surface area contributed by atoms with Gasteiger partial charge in [-0.05, 0) is 35.7 Å². The van der Waals surface area contributed by atoms with E-state index in [-0.39, 0.29) is 17.0 Å². The topological polar surface area (TPSA) is 79.8 Å². The summed E-state index contributed by atoms with van der Waals surface area (Å²) in [6.45, 7) is 1.16. The molecule has 24 heavy (non-hydrogen) atoms. The molecule has 0 fully saturated rings. The normalized spacial score (nSPS) is 19.2. The summed E-state index contributed by atoms with van der Waals surface area (Å²) in [5.41, 5.74) is 3.00. The number of fused-ring (bicyclic) bond motifs is 1. The lowest BCUT2D eigenvalue weighted by molar-refractivity contribution is 0.311. The SMILES string of the molecule is O=S(=O)(NC1=NC(c2ccccc2)CO1)c1ccc2c(c1)CCN2. The number of hydrogen-bond donors (Lipinski definition) is 2. The van der Waals surface area contributed by atoms with Gasteiger partial charge >= 0.3 is 0 Å². The van der Waals surface area contributed by atoms with Gasteiger partial charge in [0.05, 0.1) is 4.90 Å². The van der Waals surface area contributed by atoms with Gasteiger partial charge in [0.15, 0.2) is 0 Å². The second-order valence-corrected chi connectivity index (χ2v) is 7.46. The fraction of sp³-hybridized carbons (Fsp3) is 0.235. The van der Waals surface area contributed by atoms with Crippen LogP contribution in [0.4, 0.5) is 5.69 Å². The molecule has 0 saturated heterocycles. The van der Waals surface area contributed by atoms with E-state index in [1.54, 1.807) is 18.2 Å². The van der Waals surface area contributed by atoms with E-state index in [1.165, 1.54) is 0 Å². The second-order valence-electron chi connectivity index (χ2n) is 5.77. The smallest absolute Gasteiger partial charge is 0.299 e. The zero-order valence-corrected chi connectivity index (χ0v) is 13.7. The third-order valence-corrected chi connectivity index (χ3v) is 5.47. The number of nitrogens with zero attached hydrogens (tertiary/aromatic N) is 1. The molecule has 2 aromatic rings. The van der Waals surface area contributed by atoms with E-state index in [9.17, 15) is 8.42 Å². The number of anilines is 1. The molecule has 2 N–H and O–H groups in total. The molecule has 0 amide bonds. The lowest BCUT2D eigenvalue weighted by Crippen LogP contribution is -2.30. The second kappa shape index (κ2) is 5.83. The molecular weight excluding hydrogens is 326 g/mol. The Bertz CT molecular complexity index is 895. The van der Waals surface area contributed by atoms with Gasteiger partial charge in [-0.1, -0.05) is 30.3 Å². The van der Waals surface area contributed by atoms with Gasteiger partial charge in [0.2, 0.25) is 0 Å². The highest BCUT2D eigenvalue weighted by Gasteiger charge is 2.25. The third kappa shape index (κ3) is 2.82. The third-order valence-electron chi connectivity index (χ3n) is 4.15. The van der Waals surface area contributed by atoms with Crippen molar-refractivity contribution in [3.8, 4) is 0 Å². The van der Waals surface area contributed by atoms with Crippen molar-refractivity contribution in [2.75, 3.05) is 18.5 Å². The van der Waals surface area contributed by atoms with Crippen LogP contribution < -0.4 is 10.0 Å². The predicted octanol–water partition coefficient (Wildman–Crippen LogP) is 2.06. The molecule has 0 aromatic heterocycles. The minimum Gasteiger partial charge on any atom is -0.462 e. The lowest BCUT2D eigenvalue weighted by Gasteiger charge is -2.08. The Morgan fingerprint density at radius 1 is 1.17 bits per heavy atom. The van der Waals surface area contributed by atoms with Crippen LogP contribution in [0.5, 0.6) is 0 Å². The summed E-state index contributed by atoms with van der Waals surface area (Å²) in [5.74, 6) is 0. The minimum atomic E-state index is -3.70. The number of hydrogen-bond acceptors (Lipinski definition) is 5. The molecule has 6 nitrogen and oxygen atoms in total. The van der Waals surface area contributed by atoms with Gasteiger partial charge < -0.3 is 10.1 Å². The number of rotatable bonds is 3. The highest BCUT2D eigenvalue weighted by atomic mass is 32.2. The van der Waals surface area contributed by atoms with Crippen LogP contribution in [0.15, 0.2) is 58.4 Å². The van der Waals surface area contributed by atoms with Gasteiger partial charge in [0.1, 0.15) is 12.6 Å². The van der Waals surface area contributed by atoms with Gasteiger partial charge in [-0.25, -0.2) is 18.1 Å². The van der Waals surface area contributed by atoms with Gasteiger partial charge in [0.25, 0.3) is 16.0 Å². The maximum Gasteiger partial charge on any atom is 0.299 e. The van der Waals surface area contributed by atoms with Crippen molar-refractivity contribution in [2.45, 2.75) is 17.4 Å². The number of aliphatic imine (C=N–C) groups is 1. The monoisotopic (exact) mass is 343 g/mol. The molecule has 4 rings (SSSR count). The number of amidine groups is 1. The first kappa shape index (κ1) is 15.0. The molecular formula is C17H17N3O3S. The van der Waals surface area contributed by atoms with E-state index < -0.39 is 10.0 Å². The Labute approximate surface area is 140 Å². The highest BCUT2D eigenvalue weighted by molar-refractivity contribution is 7.90. The molecule has 0 bridgehead atoms. The molecule has 0 radical (unpaired) electrons. The predicted molar refractivity (Wildman–Crippen MR) is 91.5 cm³/mol. The van der Waals surface area contributed by atoms with Crippen molar-refractivity contribution >= 4 is 21.7 Å². The van der Waals surface area contributed by atoms with Crippen molar-refractivity contribution in [3.05, 3.63) is 59.7 Å². The van der Waals surface area contributed by atoms with Crippen molar-refractivity contribution in [1.29, 1.82) is 0 Å². The molecule has 7 heteroatoms. The number of sulfonamides is 1. The van der Waals surface area contributed by atoms with Crippen LogP contribution in [-0.2, 0) is 21.2 Å². The van der Waals surface area contributed by atoms with Crippen molar-refractivity contribution in [3.63, 3.8) is 0 Å². The summed E-state index contributed by atoms with van der Waals surface area (Å²) in [7, 11) is -3.70. The van der Waals surface area contributed by atoms with Gasteiger partial charge in [-0.2, -0.15) is 0 Å². The first-order chi connectivity index (χ1) is 11.6. The van der Waals surface area contributed by atoms with Crippen LogP contribution in [0.25, 0.3) is 0 Å². The van der Waals surface area contributed by atoms with Crippen LogP contribution in [0.3, 0.4) is 0 Å². The Hall–Kier alpha value is -2.54. The first-order valence-electron chi connectivity index (χ1n) is 7.77. The van der Waals surface area contributed by atoms with Crippen LogP contribution in [0.1, 0.15) is 17.2 Å². The van der Waals surface area contributed by atoms with E-state index in [4.69, 9.17) is 4.74 Å². The summed E-state index contributed by atoms with van der Waals surface area (Å²) < 4.78 is 32.9. The van der Waals surface area contributed by atoms with Crippen molar-refractivity contribution in [1.82, 2.24) is 4.72 Å². The summed E-state index contributed by atoms with van der Waals surface area (Å²) >= 11 is 0. The average Bonchev–Trinajstić information content (AvgIpc) is 3.23. The fourth-order valence-electron chi connectivity index (χ4n) is 2.90. The number of nitrogens with one attached hydrogen (secondary N) is 2. The lowest BCUT2D eigenvalue weighted by atomic mass is 10.1. The Balaban J connectivity index is 1.54. The molecule has 2 aromatic carbocycles. The molecule has 1 atom stereocenters. The molecule has 124 valence electrons. The standard InChI is InChI=1S/C17H17N3O3S/c21-24(22,14-6-7-15-13(10-14)8-9-18-15)20-17-19-16(11-23-17)12-4-2-1-3-5-12/h1-7,10,16,18H,8-9,11H2,(H,19,20). The van der Waals surface area contributed by atoms with E-state index in [0.717, 1.165) is 29.8 Å². The average molecular weight is 343 g/mol. The van der Waals surface area contributed by atoms with Gasteiger partial charge in [-0.15, -0.1) is 0 Å². The van der Waals surface area contributed by atoms with E-state index in [0.29, 0.717) is 6.61 Å². The molecule has 2 aliphatic heterocycles. The Kier molecular flexibility index (Phi) is 3.65. The van der Waals surface area contributed by atoms with Gasteiger partial charge in [0, 0.05) is 12.2 Å². The highest BCUT2D eigenvalue weighted by Crippen LogP contribution is 2.26. The maximum atomic E-state index is 12.5. The van der Waals surface area contributed by atoms with E-state index in [1.807, 2.05) is 30.3 Å². The summed E-state index contributed by atoms with van der Waals surface area (Å²) in [6, 6.07) is 14.6. The fourth-order valence-corrected chi connectivity index (χ4v) is 3.90. The largest absolute Gasteiger partial charge is 0.462 e. The quantitative estimate of drug-likeness (QED) is 0.894. The first-order valence-corrected chi connectivity index (χ1v) is 9.25. The molecule has 0 saturated carbocycles. The molecule has 0 spiro atoms. The Morgan fingerprint density at radius 2 is 2.00 bits per heavy atom. The van der Waals surface area contributed by atoms with Crippen LogP contribution in [0, 0.1) is 0 Å². The zero-order valence-electron chi connectivity index (χ0n) is 12.9. The summed E-state index contributed by atoms with van der Waals surface area (Å²) in [4.78, 5) is 4.55. The molecule has 1 unspecified atom stereocenters. The van der Waals surface area contributed by atoms with Crippen molar-refractivity contribution < 1.29 is 13.2 Å². The van der Waals surface area contributed by atoms with E-state index >= 15 is 0 Å². The van der Waals surface area contributed by atoms with Gasteiger partial charge in [-0.3, -0.25) is 0 Å². The zero-order chi connectivity index (χ0) is 16.6. The molecule has 2 aliphatic rings. The molecule has 0 aliphatic carbocycles. The van der Waals surface area contributed by atoms with E-state index in [2.05, 4.69) is 15.0 Å². The maximum absolute atomic E-state index is 12.5. The number of benzene rings is 2. The van der Waals surface area contributed by atoms with Crippen LogP contribution in [-0.4, -0.2) is 27.6 Å². The summed E-state index contributed by atoms with van der Waals surface area (Å²) in [6.07, 6.45) is 0.826. The Morgan fingerprint density at radius 3 is 2.83 bits per heavy atom. The summed E-state index contributed by atoms with van der Waals surface area (Å²) in [5, 5.41) is 3.21. The number of ether oxygens (including phenoxy) is 1. The van der Waals surface area contributed by atoms with Crippen LogP contribution in [0.2, 0.25) is 0 Å². The minimum absolute atomic E-state index is 0.0440. The van der Waals surface area contributed by atoms with Crippen LogP contribution >= 0.6 is 0 Å².